The minimum Gasteiger partial charge on any atom is -0.335 e. The first kappa shape index (κ1) is 23.1. The van der Waals surface area contributed by atoms with Crippen molar-refractivity contribution in [1.82, 2.24) is 4.90 Å². The molecule has 2 aromatic rings. The molecule has 3 heterocycles. The molecule has 1 atom stereocenters. The number of hydrogen-bond donors (Lipinski definition) is 1. The van der Waals surface area contributed by atoms with Gasteiger partial charge < -0.3 is 10.2 Å². The van der Waals surface area contributed by atoms with Crippen LogP contribution in [0.3, 0.4) is 0 Å². The molecule has 0 fully saturated rings. The van der Waals surface area contributed by atoms with Crippen molar-refractivity contribution in [2.45, 2.75) is 25.9 Å². The number of hydrogen-bond acceptors (Lipinski definition) is 6. The molecule has 0 saturated heterocycles. The first-order valence-electron chi connectivity index (χ1n) is 9.53. The van der Waals surface area contributed by atoms with Gasteiger partial charge in [0.25, 0.3) is 0 Å². The molecular formula is C22H24Cl2N4S2. The second kappa shape index (κ2) is 10.1. The highest BCUT2D eigenvalue weighted by Gasteiger charge is 2.32. The number of nitrogens with one attached hydrogen (secondary N) is 1. The lowest BCUT2D eigenvalue weighted by molar-refractivity contribution is 0.512. The molecule has 1 N–H and O–H groups in total. The van der Waals surface area contributed by atoms with Gasteiger partial charge in [0.05, 0.1) is 12.6 Å². The number of rotatable bonds is 4. The van der Waals surface area contributed by atoms with Crippen molar-refractivity contribution in [3.05, 3.63) is 76.3 Å². The summed E-state index contributed by atoms with van der Waals surface area (Å²) in [6, 6.07) is 17.5. The maximum absolute atomic E-state index is 4.95. The van der Waals surface area contributed by atoms with E-state index in [0.29, 0.717) is 6.04 Å². The van der Waals surface area contributed by atoms with E-state index in [1.54, 1.807) is 23.5 Å². The van der Waals surface area contributed by atoms with E-state index in [0.717, 1.165) is 35.6 Å². The van der Waals surface area contributed by atoms with Gasteiger partial charge in [-0.25, -0.2) is 0 Å². The Balaban J connectivity index is 0.00000128. The number of halogens is 2. The second-order valence-electron chi connectivity index (χ2n) is 7.29. The third-order valence-corrected chi connectivity index (χ3v) is 7.00. The fourth-order valence-electron chi connectivity index (χ4n) is 3.72. The van der Waals surface area contributed by atoms with Crippen LogP contribution in [0.1, 0.15) is 16.7 Å². The number of amidine groups is 2. The summed E-state index contributed by atoms with van der Waals surface area (Å²) >= 11 is 3.53. The van der Waals surface area contributed by atoms with E-state index in [2.05, 4.69) is 76.1 Å². The summed E-state index contributed by atoms with van der Waals surface area (Å²) in [4.78, 5) is 12.0. The number of fused-ring (bicyclic) bond motifs is 2. The molecule has 0 aromatic heterocycles. The zero-order valence-corrected chi connectivity index (χ0v) is 19.8. The number of thioether (sulfide) groups is 2. The minimum absolute atomic E-state index is 0. The SMILES string of the molecule is Cc1cccc(CC2CN3C(CSC4=NCc5ccccc5N4)=CSC3=N2)c1.Cl.Cl. The fourth-order valence-corrected chi connectivity index (χ4v) is 5.67. The van der Waals surface area contributed by atoms with Crippen LogP contribution in [0, 0.1) is 6.92 Å². The smallest absolute Gasteiger partial charge is 0.168 e. The van der Waals surface area contributed by atoms with E-state index in [9.17, 15) is 0 Å². The molecule has 1 unspecified atom stereocenters. The van der Waals surface area contributed by atoms with Crippen LogP contribution in [0.25, 0.3) is 0 Å². The van der Waals surface area contributed by atoms with Crippen molar-refractivity contribution in [3.63, 3.8) is 0 Å². The lowest BCUT2D eigenvalue weighted by Crippen LogP contribution is -2.26. The van der Waals surface area contributed by atoms with Gasteiger partial charge in [-0.15, -0.1) is 24.8 Å². The minimum atomic E-state index is 0. The van der Waals surface area contributed by atoms with E-state index in [1.165, 1.54) is 28.1 Å². The van der Waals surface area contributed by atoms with Crippen molar-refractivity contribution in [3.8, 4) is 0 Å². The van der Waals surface area contributed by atoms with Crippen LogP contribution < -0.4 is 5.32 Å². The van der Waals surface area contributed by atoms with Gasteiger partial charge in [-0.1, -0.05) is 71.6 Å². The van der Waals surface area contributed by atoms with Crippen LogP contribution in [0.15, 0.2) is 69.6 Å². The summed E-state index contributed by atoms with van der Waals surface area (Å²) in [6.07, 6.45) is 1.01. The lowest BCUT2D eigenvalue weighted by Gasteiger charge is -2.20. The molecule has 3 aliphatic heterocycles. The summed E-state index contributed by atoms with van der Waals surface area (Å²) in [5.41, 5.74) is 6.47. The van der Waals surface area contributed by atoms with Gasteiger partial charge in [0.15, 0.2) is 10.3 Å². The van der Waals surface area contributed by atoms with E-state index in [-0.39, 0.29) is 24.8 Å². The van der Waals surface area contributed by atoms with Gasteiger partial charge in [-0.2, -0.15) is 0 Å². The number of aryl methyl sites for hydroxylation is 1. The van der Waals surface area contributed by atoms with Crippen molar-refractivity contribution >= 4 is 64.4 Å². The summed E-state index contributed by atoms with van der Waals surface area (Å²) in [7, 11) is 0. The predicted octanol–water partition coefficient (Wildman–Crippen LogP) is 5.72. The summed E-state index contributed by atoms with van der Waals surface area (Å²) < 4.78 is 0. The second-order valence-corrected chi connectivity index (χ2v) is 9.09. The Bertz CT molecular complexity index is 1010. The quantitative estimate of drug-likeness (QED) is 0.609. The Hall–Kier alpha value is -1.60. The Morgan fingerprint density at radius 1 is 1.17 bits per heavy atom. The van der Waals surface area contributed by atoms with Gasteiger partial charge in [0.2, 0.25) is 0 Å². The molecule has 0 spiro atoms. The van der Waals surface area contributed by atoms with Crippen molar-refractivity contribution in [2.75, 3.05) is 17.6 Å². The highest BCUT2D eigenvalue weighted by Crippen LogP contribution is 2.34. The number of anilines is 1. The van der Waals surface area contributed by atoms with Gasteiger partial charge in [-0.3, -0.25) is 9.98 Å². The number of benzene rings is 2. The molecule has 30 heavy (non-hydrogen) atoms. The Kier molecular flexibility index (Phi) is 7.80. The van der Waals surface area contributed by atoms with Crippen LogP contribution in [0.4, 0.5) is 5.69 Å². The van der Waals surface area contributed by atoms with Crippen molar-refractivity contribution in [1.29, 1.82) is 0 Å². The normalized spacial score (nSPS) is 18.8. The Morgan fingerprint density at radius 2 is 2.03 bits per heavy atom. The third-order valence-electron chi connectivity index (χ3n) is 5.13. The molecule has 8 heteroatoms. The molecule has 5 rings (SSSR count). The van der Waals surface area contributed by atoms with Gasteiger partial charge in [0, 0.05) is 23.7 Å². The first-order chi connectivity index (χ1) is 13.7. The van der Waals surface area contributed by atoms with Crippen molar-refractivity contribution in [2.24, 2.45) is 9.98 Å². The number of para-hydroxylation sites is 1. The van der Waals surface area contributed by atoms with Gasteiger partial charge >= 0.3 is 0 Å². The summed E-state index contributed by atoms with van der Waals surface area (Å²) in [6.45, 7) is 3.89. The zero-order valence-electron chi connectivity index (χ0n) is 16.6. The van der Waals surface area contributed by atoms with E-state index >= 15 is 0 Å². The fraction of sp³-hybridized carbons (Fsp3) is 0.273. The number of nitrogens with zero attached hydrogens (tertiary/aromatic N) is 3. The average Bonchev–Trinajstić information content (AvgIpc) is 3.26. The van der Waals surface area contributed by atoms with Crippen LogP contribution in [0.2, 0.25) is 0 Å². The van der Waals surface area contributed by atoms with E-state index in [1.807, 2.05) is 0 Å². The first-order valence-corrected chi connectivity index (χ1v) is 11.4. The van der Waals surface area contributed by atoms with E-state index < -0.39 is 0 Å². The number of aliphatic imine (C=N–C) groups is 2. The molecule has 3 aliphatic rings. The lowest BCUT2D eigenvalue weighted by atomic mass is 10.0. The molecule has 158 valence electrons. The van der Waals surface area contributed by atoms with Gasteiger partial charge in [0.1, 0.15) is 0 Å². The van der Waals surface area contributed by atoms with Gasteiger partial charge in [-0.05, 0) is 35.9 Å². The maximum Gasteiger partial charge on any atom is 0.168 e. The van der Waals surface area contributed by atoms with E-state index in [4.69, 9.17) is 4.99 Å². The largest absolute Gasteiger partial charge is 0.335 e. The molecule has 4 nitrogen and oxygen atoms in total. The average molecular weight is 480 g/mol. The Labute approximate surface area is 198 Å². The molecule has 2 aromatic carbocycles. The summed E-state index contributed by atoms with van der Waals surface area (Å²) in [5, 5.41) is 7.85. The molecule has 0 amide bonds. The molecule has 0 saturated carbocycles. The highest BCUT2D eigenvalue weighted by atomic mass is 35.5. The molecule has 0 radical (unpaired) electrons. The van der Waals surface area contributed by atoms with Crippen LogP contribution in [0.5, 0.6) is 0 Å². The monoisotopic (exact) mass is 478 g/mol. The third kappa shape index (κ3) is 4.99. The van der Waals surface area contributed by atoms with Crippen LogP contribution in [-0.2, 0) is 13.0 Å². The molecular weight excluding hydrogens is 455 g/mol. The highest BCUT2D eigenvalue weighted by molar-refractivity contribution is 8.17. The van der Waals surface area contributed by atoms with Crippen LogP contribution >= 0.6 is 48.3 Å². The predicted molar refractivity (Wildman–Crippen MR) is 137 cm³/mol. The Morgan fingerprint density at radius 3 is 2.90 bits per heavy atom. The standard InChI is InChI=1S/C22H22N4S2.2ClH/c1-15-5-4-6-16(9-15)10-18-12-26-19(14-28-22(26)24-18)13-27-21-23-11-17-7-2-3-8-20(17)25-21;;/h2-9,14,18H,10-13H2,1H3,(H,23,25);2*1H. The van der Waals surface area contributed by atoms with Crippen molar-refractivity contribution < 1.29 is 0 Å². The molecule has 0 bridgehead atoms. The summed E-state index contributed by atoms with van der Waals surface area (Å²) in [5.74, 6) is 0.914. The topological polar surface area (TPSA) is 40.0 Å². The molecule has 0 aliphatic carbocycles. The zero-order chi connectivity index (χ0) is 18.9. The van der Waals surface area contributed by atoms with Crippen LogP contribution in [-0.4, -0.2) is 33.6 Å². The maximum atomic E-state index is 4.95.